The van der Waals surface area contributed by atoms with Crippen LogP contribution in [0.1, 0.15) is 39.7 Å². The molecule has 0 bridgehead atoms. The minimum absolute atomic E-state index is 0.0254. The van der Waals surface area contributed by atoms with Crippen LogP contribution < -0.4 is 14.8 Å². The first-order valence-electron chi connectivity index (χ1n) is 11.0. The van der Waals surface area contributed by atoms with Crippen LogP contribution in [0.25, 0.3) is 6.08 Å². The van der Waals surface area contributed by atoms with Crippen LogP contribution in [0, 0.1) is 0 Å². The van der Waals surface area contributed by atoms with Crippen molar-refractivity contribution in [2.45, 2.75) is 24.7 Å². The summed E-state index contributed by atoms with van der Waals surface area (Å²) in [5, 5.41) is 3.73. The zero-order chi connectivity index (χ0) is 22.5. The minimum Gasteiger partial charge on any atom is -0.454 e. The predicted molar refractivity (Wildman–Crippen MR) is 131 cm³/mol. The second-order valence-electron chi connectivity index (χ2n) is 8.63. The summed E-state index contributed by atoms with van der Waals surface area (Å²) in [6.07, 6.45) is 3.59. The second kappa shape index (κ2) is 8.12. The number of anilines is 1. The van der Waals surface area contributed by atoms with E-state index in [1.807, 2.05) is 36.4 Å². The lowest BCUT2D eigenvalue weighted by Gasteiger charge is -2.23. The summed E-state index contributed by atoms with van der Waals surface area (Å²) in [7, 11) is 0. The van der Waals surface area contributed by atoms with Crippen molar-refractivity contribution in [1.29, 1.82) is 0 Å². The van der Waals surface area contributed by atoms with E-state index in [1.165, 1.54) is 5.56 Å². The molecule has 1 N–H and O–H groups in total. The van der Waals surface area contributed by atoms with Crippen molar-refractivity contribution < 1.29 is 14.3 Å². The van der Waals surface area contributed by atoms with Gasteiger partial charge in [0.1, 0.15) is 0 Å². The Balaban J connectivity index is 1.42. The summed E-state index contributed by atoms with van der Waals surface area (Å²) < 4.78 is 11.0. The largest absolute Gasteiger partial charge is 0.454 e. The first-order chi connectivity index (χ1) is 16.1. The lowest BCUT2D eigenvalue weighted by Crippen LogP contribution is -2.20. The Bertz CT molecular complexity index is 1320. The molecule has 3 aromatic carbocycles. The molecule has 2 aliphatic heterocycles. The van der Waals surface area contributed by atoms with Gasteiger partial charge in [0.2, 0.25) is 12.7 Å². The standard InChI is InChI=1S/C27H21Cl2NO3/c28-8-7-15-5-6-22-20(9-15)26(27(31)30-22)25-18(10-16-3-1-2-4-19(16)25)11-17-12-23-24(13-21(17)29)33-14-32-23/h1-6,9-10,12-13,25-26H,7-8,11,14H2,(H,30,31). The quantitative estimate of drug-likeness (QED) is 0.438. The van der Waals surface area contributed by atoms with E-state index in [-0.39, 0.29) is 24.5 Å². The van der Waals surface area contributed by atoms with E-state index >= 15 is 0 Å². The van der Waals surface area contributed by atoms with Gasteiger partial charge in [-0.1, -0.05) is 59.6 Å². The molecule has 33 heavy (non-hydrogen) atoms. The van der Waals surface area contributed by atoms with Gasteiger partial charge in [-0.2, -0.15) is 0 Å². The molecule has 3 aromatic rings. The fraction of sp³-hybridized carbons (Fsp3) is 0.222. The Kier molecular flexibility index (Phi) is 5.08. The van der Waals surface area contributed by atoms with Crippen molar-refractivity contribution in [3.63, 3.8) is 0 Å². The van der Waals surface area contributed by atoms with Crippen LogP contribution in [-0.2, 0) is 17.6 Å². The Morgan fingerprint density at radius 3 is 2.64 bits per heavy atom. The molecule has 2 heterocycles. The van der Waals surface area contributed by atoms with Gasteiger partial charge < -0.3 is 14.8 Å². The van der Waals surface area contributed by atoms with Crippen LogP contribution in [-0.4, -0.2) is 18.6 Å². The van der Waals surface area contributed by atoms with Crippen LogP contribution in [0.5, 0.6) is 11.5 Å². The topological polar surface area (TPSA) is 47.6 Å². The Morgan fingerprint density at radius 1 is 0.970 bits per heavy atom. The maximum atomic E-state index is 13.3. The van der Waals surface area contributed by atoms with Gasteiger partial charge in [0.25, 0.3) is 0 Å². The molecule has 1 amide bonds. The smallest absolute Gasteiger partial charge is 0.232 e. The normalized spacial score (nSPS) is 19.8. The fourth-order valence-corrected chi connectivity index (χ4v) is 5.65. The predicted octanol–water partition coefficient (Wildman–Crippen LogP) is 6.31. The van der Waals surface area contributed by atoms with Gasteiger partial charge in [-0.15, -0.1) is 11.6 Å². The molecule has 0 saturated carbocycles. The number of allylic oxidation sites excluding steroid dienone is 1. The van der Waals surface area contributed by atoms with Crippen molar-refractivity contribution in [2.75, 3.05) is 18.0 Å². The second-order valence-corrected chi connectivity index (χ2v) is 9.41. The monoisotopic (exact) mass is 477 g/mol. The number of halogens is 2. The number of nitrogens with one attached hydrogen (secondary N) is 1. The molecule has 166 valence electrons. The number of hydrogen-bond donors (Lipinski definition) is 1. The number of aryl methyl sites for hydroxylation is 1. The van der Waals surface area contributed by atoms with Gasteiger partial charge in [0, 0.05) is 28.6 Å². The third-order valence-electron chi connectivity index (χ3n) is 6.72. The average molecular weight is 478 g/mol. The zero-order valence-electron chi connectivity index (χ0n) is 17.7. The van der Waals surface area contributed by atoms with E-state index in [0.717, 1.165) is 39.9 Å². The molecule has 0 spiro atoms. The third-order valence-corrected chi connectivity index (χ3v) is 7.26. The highest BCUT2D eigenvalue weighted by Crippen LogP contribution is 2.51. The maximum absolute atomic E-state index is 13.3. The van der Waals surface area contributed by atoms with Crippen molar-refractivity contribution in [3.8, 4) is 11.5 Å². The van der Waals surface area contributed by atoms with E-state index in [1.54, 1.807) is 0 Å². The van der Waals surface area contributed by atoms with Gasteiger partial charge in [0.05, 0.1) is 5.92 Å². The number of carbonyl (C=O) groups excluding carboxylic acids is 1. The highest BCUT2D eigenvalue weighted by atomic mass is 35.5. The molecule has 2 atom stereocenters. The van der Waals surface area contributed by atoms with E-state index in [2.05, 4.69) is 29.6 Å². The van der Waals surface area contributed by atoms with Crippen molar-refractivity contribution in [1.82, 2.24) is 0 Å². The lowest BCUT2D eigenvalue weighted by atomic mass is 9.78. The average Bonchev–Trinajstić information content (AvgIpc) is 3.48. The number of rotatable bonds is 5. The molecule has 0 saturated heterocycles. The minimum atomic E-state index is -0.307. The number of benzene rings is 3. The summed E-state index contributed by atoms with van der Waals surface area (Å²) in [6, 6.07) is 18.2. The highest BCUT2D eigenvalue weighted by Gasteiger charge is 2.42. The Morgan fingerprint density at radius 2 is 1.79 bits per heavy atom. The zero-order valence-corrected chi connectivity index (χ0v) is 19.2. The molecular weight excluding hydrogens is 457 g/mol. The molecule has 1 aliphatic carbocycles. The number of hydrogen-bond acceptors (Lipinski definition) is 3. The van der Waals surface area contributed by atoms with E-state index in [0.29, 0.717) is 28.8 Å². The summed E-state index contributed by atoms with van der Waals surface area (Å²) in [5.41, 5.74) is 7.49. The van der Waals surface area contributed by atoms with E-state index in [9.17, 15) is 4.79 Å². The SMILES string of the molecule is O=C1Nc2ccc(CCCl)cc2C1C1C(Cc2cc3c(cc2Cl)OCO3)=Cc2ccccc21. The Hall–Kier alpha value is -2.95. The van der Waals surface area contributed by atoms with Gasteiger partial charge in [0.15, 0.2) is 11.5 Å². The van der Waals surface area contributed by atoms with Gasteiger partial charge in [-0.05, 0) is 52.8 Å². The van der Waals surface area contributed by atoms with Crippen LogP contribution in [0.2, 0.25) is 5.02 Å². The number of amides is 1. The molecule has 2 unspecified atom stereocenters. The number of fused-ring (bicyclic) bond motifs is 3. The Labute approximate surface area is 202 Å². The van der Waals surface area contributed by atoms with E-state index < -0.39 is 0 Å². The lowest BCUT2D eigenvalue weighted by molar-refractivity contribution is -0.117. The van der Waals surface area contributed by atoms with Crippen LogP contribution in [0.4, 0.5) is 5.69 Å². The van der Waals surface area contributed by atoms with Crippen molar-refractivity contribution in [2.24, 2.45) is 0 Å². The van der Waals surface area contributed by atoms with Gasteiger partial charge >= 0.3 is 0 Å². The number of alkyl halides is 1. The summed E-state index contributed by atoms with van der Waals surface area (Å²) in [4.78, 5) is 13.3. The van der Waals surface area contributed by atoms with Gasteiger partial charge in [-0.3, -0.25) is 4.79 Å². The highest BCUT2D eigenvalue weighted by molar-refractivity contribution is 6.31. The summed E-state index contributed by atoms with van der Waals surface area (Å²) >= 11 is 12.6. The molecule has 6 heteroatoms. The van der Waals surface area contributed by atoms with Crippen molar-refractivity contribution in [3.05, 3.63) is 93.0 Å². The molecular formula is C27H21Cl2NO3. The molecule has 4 nitrogen and oxygen atoms in total. The molecule has 6 rings (SSSR count). The third kappa shape index (κ3) is 3.49. The molecule has 0 fully saturated rings. The van der Waals surface area contributed by atoms with Crippen LogP contribution in [0.15, 0.2) is 60.2 Å². The maximum Gasteiger partial charge on any atom is 0.232 e. The summed E-state index contributed by atoms with van der Waals surface area (Å²) in [6.45, 7) is 0.204. The molecule has 0 radical (unpaired) electrons. The molecule has 0 aromatic heterocycles. The summed E-state index contributed by atoms with van der Waals surface area (Å²) in [5.74, 6) is 1.56. The van der Waals surface area contributed by atoms with Gasteiger partial charge in [-0.25, -0.2) is 0 Å². The number of carbonyl (C=O) groups is 1. The van der Waals surface area contributed by atoms with Crippen LogP contribution >= 0.6 is 23.2 Å². The number of ether oxygens (including phenoxy) is 2. The molecule has 3 aliphatic rings. The first-order valence-corrected chi connectivity index (χ1v) is 11.9. The first kappa shape index (κ1) is 20.6. The fourth-order valence-electron chi connectivity index (χ4n) is 5.21. The van der Waals surface area contributed by atoms with Crippen LogP contribution in [0.3, 0.4) is 0 Å². The van der Waals surface area contributed by atoms with Crippen molar-refractivity contribution >= 4 is 40.9 Å². The van der Waals surface area contributed by atoms with E-state index in [4.69, 9.17) is 32.7 Å².